The van der Waals surface area contributed by atoms with Crippen LogP contribution in [0.2, 0.25) is 0 Å². The minimum atomic E-state index is -2.98. The number of anilines is 1. The molecular weight excluding hydrogens is 452 g/mol. The number of carbonyl (C=O) groups excluding carboxylic acids is 1. The van der Waals surface area contributed by atoms with E-state index in [1.54, 1.807) is 74.0 Å². The molecule has 0 saturated carbocycles. The molecule has 8 nitrogen and oxygen atoms in total. The van der Waals surface area contributed by atoms with Crippen molar-refractivity contribution in [3.8, 4) is 23.1 Å². The molecule has 2 aromatic carbocycles. The Balaban J connectivity index is 1.49. The zero-order chi connectivity index (χ0) is 23.9. The Bertz CT molecular complexity index is 1500. The zero-order valence-corrected chi connectivity index (χ0v) is 18.9. The standard InChI is InChI=1S/C25H20N4O4S/c1-33-20-8-10-29-21(25(28-23(29)13-20)18-4-2-16(15-26)3-5-18)14-24(30)27-19-7-6-17-9-11-34(31,32)22(17)12-19/h2-13,31-32H,14H2,1H3,(H,27,30). The summed E-state index contributed by atoms with van der Waals surface area (Å²) < 4.78 is 27.5. The normalized spacial score (nSPS) is 14.4. The summed E-state index contributed by atoms with van der Waals surface area (Å²) in [6.07, 6.45) is 3.48. The van der Waals surface area contributed by atoms with Gasteiger partial charge in [0.1, 0.15) is 11.4 Å². The minimum Gasteiger partial charge on any atom is -0.497 e. The predicted molar refractivity (Wildman–Crippen MR) is 131 cm³/mol. The lowest BCUT2D eigenvalue weighted by molar-refractivity contribution is -0.115. The molecular formula is C25H20N4O4S. The fourth-order valence-electron chi connectivity index (χ4n) is 3.92. The monoisotopic (exact) mass is 472 g/mol. The van der Waals surface area contributed by atoms with Crippen LogP contribution >= 0.6 is 10.6 Å². The van der Waals surface area contributed by atoms with Crippen molar-refractivity contribution in [2.75, 3.05) is 12.4 Å². The molecule has 0 aliphatic carbocycles. The van der Waals surface area contributed by atoms with Crippen molar-refractivity contribution in [1.29, 1.82) is 5.26 Å². The molecule has 0 bridgehead atoms. The van der Waals surface area contributed by atoms with Crippen molar-refractivity contribution >= 4 is 33.9 Å². The molecule has 3 heterocycles. The molecule has 1 aliphatic heterocycles. The summed E-state index contributed by atoms with van der Waals surface area (Å²) in [6, 6.07) is 17.8. The van der Waals surface area contributed by atoms with Gasteiger partial charge in [-0.25, -0.2) is 4.98 Å². The van der Waals surface area contributed by atoms with Gasteiger partial charge in [0.2, 0.25) is 5.91 Å². The largest absolute Gasteiger partial charge is 0.497 e. The van der Waals surface area contributed by atoms with E-state index in [9.17, 15) is 13.9 Å². The number of carbonyl (C=O) groups is 1. The maximum Gasteiger partial charge on any atom is 0.230 e. The SMILES string of the molecule is COc1ccn2c(CC(=O)Nc3ccc4c(c3)S(O)(O)C=C4)c(-c3ccc(C#N)cc3)nc2c1. The fourth-order valence-corrected chi connectivity index (χ4v) is 5.18. The number of ether oxygens (including phenoxy) is 1. The average Bonchev–Trinajstić information content (AvgIpc) is 3.35. The summed E-state index contributed by atoms with van der Waals surface area (Å²) in [7, 11) is -1.40. The lowest BCUT2D eigenvalue weighted by Crippen LogP contribution is -2.16. The summed E-state index contributed by atoms with van der Waals surface area (Å²) in [5, 5.41) is 13.3. The Hall–Kier alpha value is -4.10. The first-order chi connectivity index (χ1) is 16.4. The third-order valence-electron chi connectivity index (χ3n) is 5.61. The van der Waals surface area contributed by atoms with Crippen LogP contribution in [0.15, 0.2) is 71.1 Å². The summed E-state index contributed by atoms with van der Waals surface area (Å²) in [5.41, 5.74) is 4.43. The number of amides is 1. The van der Waals surface area contributed by atoms with E-state index < -0.39 is 10.6 Å². The van der Waals surface area contributed by atoms with Gasteiger partial charge in [-0.2, -0.15) is 5.26 Å². The van der Waals surface area contributed by atoms with Crippen molar-refractivity contribution < 1.29 is 18.6 Å². The number of imidazole rings is 1. The van der Waals surface area contributed by atoms with E-state index in [1.165, 1.54) is 5.41 Å². The first kappa shape index (κ1) is 21.7. The molecule has 9 heteroatoms. The third-order valence-corrected chi connectivity index (χ3v) is 7.12. The number of methoxy groups -OCH3 is 1. The fraction of sp³-hybridized carbons (Fsp3) is 0.0800. The number of nitriles is 1. The van der Waals surface area contributed by atoms with Crippen LogP contribution in [0.25, 0.3) is 23.0 Å². The van der Waals surface area contributed by atoms with Crippen molar-refractivity contribution in [1.82, 2.24) is 9.38 Å². The van der Waals surface area contributed by atoms with Crippen LogP contribution in [0.3, 0.4) is 0 Å². The van der Waals surface area contributed by atoms with Gasteiger partial charge >= 0.3 is 0 Å². The number of hydrogen-bond donors (Lipinski definition) is 3. The van der Waals surface area contributed by atoms with Crippen LogP contribution in [0, 0.1) is 11.3 Å². The molecule has 0 fully saturated rings. The van der Waals surface area contributed by atoms with E-state index >= 15 is 0 Å². The number of hydrogen-bond acceptors (Lipinski definition) is 6. The molecule has 34 heavy (non-hydrogen) atoms. The number of fused-ring (bicyclic) bond motifs is 2. The van der Waals surface area contributed by atoms with Gasteiger partial charge in [-0.3, -0.25) is 13.9 Å². The molecule has 0 atom stereocenters. The molecule has 0 spiro atoms. The lowest BCUT2D eigenvalue weighted by atomic mass is 10.1. The van der Waals surface area contributed by atoms with Gasteiger partial charge in [0, 0.05) is 28.9 Å². The molecule has 170 valence electrons. The van der Waals surface area contributed by atoms with Gasteiger partial charge in [0.05, 0.1) is 41.4 Å². The molecule has 2 aromatic heterocycles. The van der Waals surface area contributed by atoms with E-state index in [-0.39, 0.29) is 12.3 Å². The van der Waals surface area contributed by atoms with Gasteiger partial charge < -0.3 is 14.5 Å². The third kappa shape index (κ3) is 3.91. The quantitative estimate of drug-likeness (QED) is 0.369. The highest BCUT2D eigenvalue weighted by atomic mass is 32.3. The van der Waals surface area contributed by atoms with E-state index in [2.05, 4.69) is 11.4 Å². The van der Waals surface area contributed by atoms with Gasteiger partial charge in [0.25, 0.3) is 0 Å². The van der Waals surface area contributed by atoms with E-state index in [1.807, 2.05) is 4.40 Å². The maximum atomic E-state index is 13.0. The number of nitrogens with zero attached hydrogens (tertiary/aromatic N) is 3. The number of rotatable bonds is 5. The highest BCUT2D eigenvalue weighted by molar-refractivity contribution is 8.27. The van der Waals surface area contributed by atoms with Crippen LogP contribution in [-0.4, -0.2) is 31.5 Å². The molecule has 1 aliphatic rings. The summed E-state index contributed by atoms with van der Waals surface area (Å²) in [5.74, 6) is 0.362. The number of benzene rings is 2. The highest BCUT2D eigenvalue weighted by Gasteiger charge is 2.23. The summed E-state index contributed by atoms with van der Waals surface area (Å²) in [4.78, 5) is 18.2. The molecule has 0 saturated heterocycles. The predicted octanol–water partition coefficient (Wildman–Crippen LogP) is 5.16. The van der Waals surface area contributed by atoms with Crippen LogP contribution in [-0.2, 0) is 11.2 Å². The van der Waals surface area contributed by atoms with Crippen molar-refractivity contribution in [3.63, 3.8) is 0 Å². The lowest BCUT2D eigenvalue weighted by Gasteiger charge is -2.25. The Morgan fingerprint density at radius 3 is 2.71 bits per heavy atom. The molecule has 0 radical (unpaired) electrons. The van der Waals surface area contributed by atoms with E-state index in [0.717, 1.165) is 11.1 Å². The van der Waals surface area contributed by atoms with Crippen molar-refractivity contribution in [3.05, 3.63) is 83.0 Å². The van der Waals surface area contributed by atoms with Crippen molar-refractivity contribution in [2.45, 2.75) is 11.3 Å². The maximum absolute atomic E-state index is 13.0. The van der Waals surface area contributed by atoms with Crippen LogP contribution in [0.1, 0.15) is 16.8 Å². The first-order valence-corrected chi connectivity index (χ1v) is 11.9. The molecule has 1 amide bonds. The van der Waals surface area contributed by atoms with E-state index in [4.69, 9.17) is 15.0 Å². The first-order valence-electron chi connectivity index (χ1n) is 10.3. The molecule has 4 aromatic rings. The Kier molecular flexibility index (Phi) is 5.34. The topological polar surface area (TPSA) is 120 Å². The second kappa shape index (κ2) is 8.35. The van der Waals surface area contributed by atoms with Gasteiger partial charge in [-0.15, -0.1) is 10.6 Å². The second-order valence-corrected chi connectivity index (χ2v) is 9.66. The zero-order valence-electron chi connectivity index (χ0n) is 18.1. The Labute approximate surface area is 197 Å². The summed E-state index contributed by atoms with van der Waals surface area (Å²) in [6.45, 7) is 0. The molecule has 5 rings (SSSR count). The Morgan fingerprint density at radius 2 is 1.97 bits per heavy atom. The average molecular weight is 473 g/mol. The summed E-state index contributed by atoms with van der Waals surface area (Å²) >= 11 is 0. The van der Waals surface area contributed by atoms with Crippen LogP contribution in [0.5, 0.6) is 5.75 Å². The number of nitrogens with one attached hydrogen (secondary N) is 1. The van der Waals surface area contributed by atoms with Crippen LogP contribution in [0.4, 0.5) is 5.69 Å². The molecule has 3 N–H and O–H groups in total. The van der Waals surface area contributed by atoms with Gasteiger partial charge in [-0.1, -0.05) is 18.2 Å². The van der Waals surface area contributed by atoms with Crippen LogP contribution < -0.4 is 10.1 Å². The number of pyridine rings is 1. The molecule has 0 unspecified atom stereocenters. The van der Waals surface area contributed by atoms with Gasteiger partial charge in [-0.05, 0) is 42.0 Å². The Morgan fingerprint density at radius 1 is 1.18 bits per heavy atom. The van der Waals surface area contributed by atoms with Crippen molar-refractivity contribution in [2.24, 2.45) is 0 Å². The minimum absolute atomic E-state index is 0.0222. The second-order valence-electron chi connectivity index (χ2n) is 7.76. The smallest absolute Gasteiger partial charge is 0.230 e. The number of aromatic nitrogens is 2. The van der Waals surface area contributed by atoms with Gasteiger partial charge in [0.15, 0.2) is 0 Å². The van der Waals surface area contributed by atoms with E-state index in [0.29, 0.717) is 38.9 Å². The highest BCUT2D eigenvalue weighted by Crippen LogP contribution is 2.56.